The average molecular weight is 443 g/mol. The molecule has 30 heavy (non-hydrogen) atoms. The number of amides is 1. The van der Waals surface area contributed by atoms with Gasteiger partial charge in [0.2, 0.25) is 5.91 Å². The van der Waals surface area contributed by atoms with E-state index in [9.17, 15) is 13.2 Å². The van der Waals surface area contributed by atoms with Crippen molar-refractivity contribution < 1.29 is 13.2 Å². The van der Waals surface area contributed by atoms with E-state index in [0.717, 1.165) is 11.1 Å². The summed E-state index contributed by atoms with van der Waals surface area (Å²) < 4.78 is 27.9. The molecule has 0 unspecified atom stereocenters. The minimum absolute atomic E-state index is 0.140. The molecular weight excluding hydrogens is 420 g/mol. The largest absolute Gasteiger partial charge is 0.340 e. The number of benzene rings is 3. The van der Waals surface area contributed by atoms with Crippen LogP contribution in [0.25, 0.3) is 0 Å². The van der Waals surface area contributed by atoms with E-state index in [2.05, 4.69) is 0 Å². The van der Waals surface area contributed by atoms with Crippen LogP contribution in [0.1, 0.15) is 11.1 Å². The molecule has 0 aliphatic heterocycles. The SMILES string of the molecule is Cc1ccccc1N(CC(=O)N(C)Cc1ccc(Cl)cc1)S(=O)(=O)c1ccccc1. The van der Waals surface area contributed by atoms with E-state index in [1.54, 1.807) is 49.5 Å². The van der Waals surface area contributed by atoms with Gasteiger partial charge in [-0.1, -0.05) is 60.1 Å². The number of halogens is 1. The molecule has 0 N–H and O–H groups in total. The van der Waals surface area contributed by atoms with Crippen molar-refractivity contribution in [3.05, 3.63) is 95.0 Å². The standard InChI is InChI=1S/C23H23ClN2O3S/c1-18-8-6-7-11-22(18)26(30(28,29)21-9-4-3-5-10-21)17-23(27)25(2)16-19-12-14-20(24)15-13-19/h3-15H,16-17H2,1-2H3. The van der Waals surface area contributed by atoms with E-state index < -0.39 is 10.0 Å². The predicted octanol–water partition coefficient (Wildman–Crippen LogP) is 4.50. The molecule has 0 fully saturated rings. The second-order valence-electron chi connectivity index (χ2n) is 6.99. The topological polar surface area (TPSA) is 57.7 Å². The maximum absolute atomic E-state index is 13.4. The number of rotatable bonds is 7. The molecule has 5 nitrogen and oxygen atoms in total. The fourth-order valence-electron chi connectivity index (χ4n) is 3.06. The van der Waals surface area contributed by atoms with Crippen LogP contribution in [0.15, 0.2) is 83.8 Å². The lowest BCUT2D eigenvalue weighted by atomic mass is 10.2. The van der Waals surface area contributed by atoms with Gasteiger partial charge in [-0.2, -0.15) is 0 Å². The van der Waals surface area contributed by atoms with Crippen LogP contribution < -0.4 is 4.31 Å². The van der Waals surface area contributed by atoms with Crippen LogP contribution in [0.5, 0.6) is 0 Å². The first-order chi connectivity index (χ1) is 14.3. The number of aryl methyl sites for hydroxylation is 1. The molecule has 0 atom stereocenters. The normalized spacial score (nSPS) is 11.2. The average Bonchev–Trinajstić information content (AvgIpc) is 2.74. The number of hydrogen-bond acceptors (Lipinski definition) is 3. The molecular formula is C23H23ClN2O3S. The minimum atomic E-state index is -3.92. The third-order valence-electron chi connectivity index (χ3n) is 4.75. The highest BCUT2D eigenvalue weighted by Crippen LogP contribution is 2.26. The van der Waals surface area contributed by atoms with Crippen LogP contribution in [-0.2, 0) is 21.4 Å². The summed E-state index contributed by atoms with van der Waals surface area (Å²) in [5.41, 5.74) is 2.16. The van der Waals surface area contributed by atoms with Gasteiger partial charge in [-0.05, 0) is 48.4 Å². The van der Waals surface area contributed by atoms with Gasteiger partial charge in [-0.25, -0.2) is 8.42 Å². The summed E-state index contributed by atoms with van der Waals surface area (Å²) >= 11 is 5.92. The first-order valence-corrected chi connectivity index (χ1v) is 11.2. The summed E-state index contributed by atoms with van der Waals surface area (Å²) in [7, 11) is -2.26. The van der Waals surface area contributed by atoms with Gasteiger partial charge in [-0.3, -0.25) is 9.10 Å². The summed E-state index contributed by atoms with van der Waals surface area (Å²) in [4.78, 5) is 14.6. The summed E-state index contributed by atoms with van der Waals surface area (Å²) in [6.07, 6.45) is 0. The maximum atomic E-state index is 13.4. The highest BCUT2D eigenvalue weighted by Gasteiger charge is 2.29. The number of para-hydroxylation sites is 1. The first-order valence-electron chi connectivity index (χ1n) is 9.41. The smallest absolute Gasteiger partial charge is 0.264 e. The van der Waals surface area contributed by atoms with Gasteiger partial charge >= 0.3 is 0 Å². The molecule has 3 aromatic rings. The Bertz CT molecular complexity index is 1120. The number of likely N-dealkylation sites (N-methyl/N-ethyl adjacent to an activating group) is 1. The third kappa shape index (κ3) is 5.01. The second-order valence-corrected chi connectivity index (χ2v) is 9.29. The molecule has 0 aliphatic rings. The van der Waals surface area contributed by atoms with Crippen molar-refractivity contribution in [1.29, 1.82) is 0 Å². The Balaban J connectivity index is 1.90. The van der Waals surface area contributed by atoms with Crippen LogP contribution in [0.3, 0.4) is 0 Å². The number of carbonyl (C=O) groups is 1. The van der Waals surface area contributed by atoms with Gasteiger partial charge in [0.05, 0.1) is 10.6 Å². The zero-order valence-corrected chi connectivity index (χ0v) is 18.4. The van der Waals surface area contributed by atoms with E-state index in [-0.39, 0.29) is 17.3 Å². The predicted molar refractivity (Wildman–Crippen MR) is 120 cm³/mol. The Hall–Kier alpha value is -2.83. The molecule has 0 saturated carbocycles. The first kappa shape index (κ1) is 21.9. The third-order valence-corrected chi connectivity index (χ3v) is 6.78. The number of carbonyl (C=O) groups excluding carboxylic acids is 1. The molecule has 1 amide bonds. The lowest BCUT2D eigenvalue weighted by molar-refractivity contribution is -0.128. The van der Waals surface area contributed by atoms with Gasteiger partial charge < -0.3 is 4.90 Å². The molecule has 0 saturated heterocycles. The molecule has 156 valence electrons. The summed E-state index contributed by atoms with van der Waals surface area (Å²) in [5, 5.41) is 0.618. The Morgan fingerprint density at radius 1 is 0.900 bits per heavy atom. The lowest BCUT2D eigenvalue weighted by Crippen LogP contribution is -2.41. The Morgan fingerprint density at radius 2 is 1.50 bits per heavy atom. The van der Waals surface area contributed by atoms with E-state index in [1.165, 1.54) is 21.3 Å². The number of anilines is 1. The van der Waals surface area contributed by atoms with Crippen molar-refractivity contribution in [2.24, 2.45) is 0 Å². The van der Waals surface area contributed by atoms with Gasteiger partial charge in [0.1, 0.15) is 6.54 Å². The minimum Gasteiger partial charge on any atom is -0.340 e. The van der Waals surface area contributed by atoms with E-state index in [4.69, 9.17) is 11.6 Å². The highest BCUT2D eigenvalue weighted by molar-refractivity contribution is 7.92. The number of sulfonamides is 1. The molecule has 3 aromatic carbocycles. The molecule has 0 bridgehead atoms. The van der Waals surface area contributed by atoms with Gasteiger partial charge in [0.15, 0.2) is 0 Å². The summed E-state index contributed by atoms with van der Waals surface area (Å²) in [6, 6.07) is 22.5. The second kappa shape index (κ2) is 9.32. The zero-order valence-electron chi connectivity index (χ0n) is 16.8. The van der Waals surface area contributed by atoms with Crippen molar-refractivity contribution in [1.82, 2.24) is 4.90 Å². The lowest BCUT2D eigenvalue weighted by Gasteiger charge is -2.28. The van der Waals surface area contributed by atoms with Crippen molar-refractivity contribution in [2.45, 2.75) is 18.4 Å². The van der Waals surface area contributed by atoms with Crippen molar-refractivity contribution in [3.8, 4) is 0 Å². The van der Waals surface area contributed by atoms with Crippen molar-refractivity contribution in [3.63, 3.8) is 0 Å². The molecule has 3 rings (SSSR count). The van der Waals surface area contributed by atoms with Crippen LogP contribution in [-0.4, -0.2) is 32.8 Å². The molecule has 0 radical (unpaired) electrons. The van der Waals surface area contributed by atoms with Crippen molar-refractivity contribution >= 4 is 33.2 Å². The van der Waals surface area contributed by atoms with E-state index in [1.807, 2.05) is 31.2 Å². The quantitative estimate of drug-likeness (QED) is 0.541. The maximum Gasteiger partial charge on any atom is 0.264 e. The van der Waals surface area contributed by atoms with Gasteiger partial charge in [-0.15, -0.1) is 0 Å². The monoisotopic (exact) mass is 442 g/mol. The highest BCUT2D eigenvalue weighted by atomic mass is 35.5. The van der Waals surface area contributed by atoms with E-state index in [0.29, 0.717) is 17.3 Å². The zero-order chi connectivity index (χ0) is 21.7. The molecule has 0 aliphatic carbocycles. The summed E-state index contributed by atoms with van der Waals surface area (Å²) in [5.74, 6) is -0.312. The van der Waals surface area contributed by atoms with Crippen LogP contribution >= 0.6 is 11.6 Å². The van der Waals surface area contributed by atoms with Crippen molar-refractivity contribution in [2.75, 3.05) is 17.9 Å². The Kier molecular flexibility index (Phi) is 6.80. The Morgan fingerprint density at radius 3 is 2.13 bits per heavy atom. The molecule has 0 heterocycles. The molecule has 0 spiro atoms. The summed E-state index contributed by atoms with van der Waals surface area (Å²) in [6.45, 7) is 1.87. The van der Waals surface area contributed by atoms with Gasteiger partial charge in [0, 0.05) is 18.6 Å². The fourth-order valence-corrected chi connectivity index (χ4v) is 4.68. The van der Waals surface area contributed by atoms with Crippen LogP contribution in [0, 0.1) is 6.92 Å². The molecule has 7 heteroatoms. The van der Waals surface area contributed by atoms with Gasteiger partial charge in [0.25, 0.3) is 10.0 Å². The van der Waals surface area contributed by atoms with E-state index >= 15 is 0 Å². The van der Waals surface area contributed by atoms with Crippen LogP contribution in [0.2, 0.25) is 5.02 Å². The Labute approximate surface area is 182 Å². The fraction of sp³-hybridized carbons (Fsp3) is 0.174. The number of hydrogen-bond donors (Lipinski definition) is 0. The number of nitrogens with zero attached hydrogens (tertiary/aromatic N) is 2. The molecule has 0 aromatic heterocycles. The van der Waals surface area contributed by atoms with Crippen LogP contribution in [0.4, 0.5) is 5.69 Å².